The molecule has 0 spiro atoms. The lowest BCUT2D eigenvalue weighted by Crippen LogP contribution is -2.27. The summed E-state index contributed by atoms with van der Waals surface area (Å²) >= 11 is 0. The fourth-order valence-corrected chi connectivity index (χ4v) is 4.33. The first-order valence-electron chi connectivity index (χ1n) is 10.8. The van der Waals surface area contributed by atoms with Gasteiger partial charge in [0.15, 0.2) is 5.69 Å². The number of aryl methyl sites for hydroxylation is 1. The van der Waals surface area contributed by atoms with Crippen LogP contribution in [0.2, 0.25) is 0 Å². The summed E-state index contributed by atoms with van der Waals surface area (Å²) in [5.74, 6) is 1.84. The van der Waals surface area contributed by atoms with E-state index in [9.17, 15) is 4.79 Å². The van der Waals surface area contributed by atoms with Crippen molar-refractivity contribution in [2.45, 2.75) is 32.6 Å². The molecular formula is C25H29N3O4. The van der Waals surface area contributed by atoms with Crippen molar-refractivity contribution in [3.63, 3.8) is 0 Å². The van der Waals surface area contributed by atoms with E-state index in [1.54, 1.807) is 21.3 Å². The van der Waals surface area contributed by atoms with E-state index >= 15 is 0 Å². The molecule has 0 bridgehead atoms. The average molecular weight is 436 g/mol. The molecule has 0 aliphatic heterocycles. The minimum absolute atomic E-state index is 0.151. The van der Waals surface area contributed by atoms with Crippen molar-refractivity contribution >= 4 is 5.91 Å². The van der Waals surface area contributed by atoms with Crippen molar-refractivity contribution in [3.05, 3.63) is 64.5 Å². The zero-order chi connectivity index (χ0) is 22.7. The van der Waals surface area contributed by atoms with Gasteiger partial charge < -0.3 is 19.5 Å². The van der Waals surface area contributed by atoms with E-state index in [1.165, 1.54) is 0 Å². The second kappa shape index (κ2) is 9.34. The first kappa shape index (κ1) is 21.7. The molecule has 1 amide bonds. The zero-order valence-electron chi connectivity index (χ0n) is 19.0. The Morgan fingerprint density at radius 2 is 1.78 bits per heavy atom. The number of nitrogens with zero attached hydrogens (tertiary/aromatic N) is 2. The minimum atomic E-state index is -0.151. The van der Waals surface area contributed by atoms with Gasteiger partial charge in [0.2, 0.25) is 0 Å². The van der Waals surface area contributed by atoms with Gasteiger partial charge in [-0.3, -0.25) is 4.79 Å². The lowest BCUT2D eigenvalue weighted by Gasteiger charge is -2.15. The molecule has 7 nitrogen and oxygen atoms in total. The number of rotatable bonds is 8. The number of aromatic nitrogens is 2. The van der Waals surface area contributed by atoms with Gasteiger partial charge in [0.25, 0.3) is 5.91 Å². The van der Waals surface area contributed by atoms with Crippen molar-refractivity contribution in [2.75, 3.05) is 27.9 Å². The highest BCUT2D eigenvalue weighted by Crippen LogP contribution is 2.34. The largest absolute Gasteiger partial charge is 0.496 e. The van der Waals surface area contributed by atoms with E-state index in [4.69, 9.17) is 19.3 Å². The maximum absolute atomic E-state index is 13.1. The number of carbonyl (C=O) groups is 1. The predicted octanol–water partition coefficient (Wildman–Crippen LogP) is 3.67. The van der Waals surface area contributed by atoms with Crippen LogP contribution in [0.1, 0.15) is 39.3 Å². The fraction of sp³-hybridized carbons (Fsp3) is 0.360. The van der Waals surface area contributed by atoms with Gasteiger partial charge in [0.05, 0.1) is 27.0 Å². The van der Waals surface area contributed by atoms with Gasteiger partial charge in [-0.1, -0.05) is 18.2 Å². The molecule has 0 saturated heterocycles. The monoisotopic (exact) mass is 435 g/mol. The summed E-state index contributed by atoms with van der Waals surface area (Å²) in [5, 5.41) is 7.75. The maximum Gasteiger partial charge on any atom is 0.272 e. The minimum Gasteiger partial charge on any atom is -0.496 e. The summed E-state index contributed by atoms with van der Waals surface area (Å²) in [6, 6.07) is 11.8. The first-order chi connectivity index (χ1) is 15.6. The summed E-state index contributed by atoms with van der Waals surface area (Å²) in [7, 11) is 4.82. The zero-order valence-corrected chi connectivity index (χ0v) is 19.0. The highest BCUT2D eigenvalue weighted by molar-refractivity contribution is 5.94. The van der Waals surface area contributed by atoms with Gasteiger partial charge in [0, 0.05) is 35.5 Å². The third kappa shape index (κ3) is 4.02. The smallest absolute Gasteiger partial charge is 0.272 e. The van der Waals surface area contributed by atoms with Crippen molar-refractivity contribution in [1.82, 2.24) is 15.1 Å². The second-order valence-corrected chi connectivity index (χ2v) is 7.84. The summed E-state index contributed by atoms with van der Waals surface area (Å²) in [5.41, 5.74) is 5.77. The van der Waals surface area contributed by atoms with Gasteiger partial charge >= 0.3 is 0 Å². The SMILES string of the molecule is COc1cc(OC)c(CCNC(=O)c2nn(-c3ccccc3C)c3c2CCC3)c(OC)c1. The molecule has 168 valence electrons. The predicted molar refractivity (Wildman–Crippen MR) is 122 cm³/mol. The Balaban J connectivity index is 1.53. The molecule has 0 fully saturated rings. The maximum atomic E-state index is 13.1. The van der Waals surface area contributed by atoms with Gasteiger partial charge in [-0.2, -0.15) is 5.10 Å². The Morgan fingerprint density at radius 1 is 1.06 bits per heavy atom. The lowest BCUT2D eigenvalue weighted by molar-refractivity contribution is 0.0947. The quantitative estimate of drug-likeness (QED) is 0.584. The van der Waals surface area contributed by atoms with Crippen LogP contribution in [-0.2, 0) is 19.3 Å². The molecule has 0 radical (unpaired) electrons. The number of hydrogen-bond donors (Lipinski definition) is 1. The summed E-state index contributed by atoms with van der Waals surface area (Å²) in [6.07, 6.45) is 3.41. The Labute approximate surface area is 188 Å². The molecule has 1 aromatic heterocycles. The van der Waals surface area contributed by atoms with E-state index in [1.807, 2.05) is 35.0 Å². The number of ether oxygens (including phenoxy) is 3. The molecule has 4 rings (SSSR count). The molecule has 1 aliphatic rings. The third-order valence-corrected chi connectivity index (χ3v) is 5.97. The van der Waals surface area contributed by atoms with Gasteiger partial charge in [-0.05, 0) is 44.2 Å². The number of fused-ring (bicyclic) bond motifs is 1. The molecule has 1 N–H and O–H groups in total. The first-order valence-corrected chi connectivity index (χ1v) is 10.8. The number of amides is 1. The van der Waals surface area contributed by atoms with Crippen molar-refractivity contribution < 1.29 is 19.0 Å². The highest BCUT2D eigenvalue weighted by atomic mass is 16.5. The van der Waals surface area contributed by atoms with Crippen molar-refractivity contribution in [1.29, 1.82) is 0 Å². The van der Waals surface area contributed by atoms with Gasteiger partial charge in [-0.15, -0.1) is 0 Å². The molecule has 0 saturated carbocycles. The van der Waals surface area contributed by atoms with Gasteiger partial charge in [-0.25, -0.2) is 4.68 Å². The van der Waals surface area contributed by atoms with Crippen molar-refractivity contribution in [2.24, 2.45) is 0 Å². The molecule has 1 aliphatic carbocycles. The van der Waals surface area contributed by atoms with Crippen LogP contribution in [0, 0.1) is 6.92 Å². The third-order valence-electron chi connectivity index (χ3n) is 5.97. The molecule has 0 unspecified atom stereocenters. The molecule has 2 aromatic carbocycles. The van der Waals surface area contributed by atoms with Crippen LogP contribution in [0.25, 0.3) is 5.69 Å². The molecular weight excluding hydrogens is 406 g/mol. The number of carbonyl (C=O) groups excluding carboxylic acids is 1. The van der Waals surface area contributed by atoms with E-state index < -0.39 is 0 Å². The summed E-state index contributed by atoms with van der Waals surface area (Å²) in [4.78, 5) is 13.1. The average Bonchev–Trinajstić information content (AvgIpc) is 3.42. The Morgan fingerprint density at radius 3 is 2.44 bits per heavy atom. The van der Waals surface area contributed by atoms with E-state index in [0.29, 0.717) is 35.9 Å². The number of benzene rings is 2. The molecule has 7 heteroatoms. The summed E-state index contributed by atoms with van der Waals surface area (Å²) in [6.45, 7) is 2.50. The number of para-hydroxylation sites is 1. The summed E-state index contributed by atoms with van der Waals surface area (Å²) < 4.78 is 18.3. The Bertz CT molecular complexity index is 1110. The molecule has 1 heterocycles. The topological polar surface area (TPSA) is 74.6 Å². The van der Waals surface area contributed by atoms with Crippen LogP contribution in [0.4, 0.5) is 0 Å². The lowest BCUT2D eigenvalue weighted by atomic mass is 10.1. The van der Waals surface area contributed by atoms with E-state index in [0.717, 1.165) is 47.3 Å². The fourth-order valence-electron chi connectivity index (χ4n) is 4.33. The molecule has 0 atom stereocenters. The molecule has 3 aromatic rings. The Hall–Kier alpha value is -3.48. The van der Waals surface area contributed by atoms with Crippen molar-refractivity contribution in [3.8, 4) is 22.9 Å². The van der Waals surface area contributed by atoms with Crippen LogP contribution < -0.4 is 19.5 Å². The number of nitrogens with one attached hydrogen (secondary N) is 1. The normalized spacial score (nSPS) is 12.4. The number of methoxy groups -OCH3 is 3. The van der Waals surface area contributed by atoms with Crippen LogP contribution in [0.5, 0.6) is 17.2 Å². The van der Waals surface area contributed by atoms with Crippen LogP contribution in [-0.4, -0.2) is 43.6 Å². The highest BCUT2D eigenvalue weighted by Gasteiger charge is 2.27. The Kier molecular flexibility index (Phi) is 6.35. The van der Waals surface area contributed by atoms with E-state index in [2.05, 4.69) is 18.3 Å². The van der Waals surface area contributed by atoms with Crippen LogP contribution in [0.15, 0.2) is 36.4 Å². The van der Waals surface area contributed by atoms with Gasteiger partial charge in [0.1, 0.15) is 17.2 Å². The second-order valence-electron chi connectivity index (χ2n) is 7.84. The van der Waals surface area contributed by atoms with Crippen LogP contribution in [0.3, 0.4) is 0 Å². The number of hydrogen-bond acceptors (Lipinski definition) is 5. The van der Waals surface area contributed by atoms with Crippen LogP contribution >= 0.6 is 0 Å². The molecule has 32 heavy (non-hydrogen) atoms. The van der Waals surface area contributed by atoms with E-state index in [-0.39, 0.29) is 5.91 Å². The standard InChI is InChI=1S/C25H29N3O4/c1-16-8-5-6-10-20(16)28-21-11-7-9-18(21)24(27-28)25(29)26-13-12-19-22(31-3)14-17(30-2)15-23(19)32-4/h5-6,8,10,14-15H,7,9,11-13H2,1-4H3,(H,26,29).